The predicted octanol–water partition coefficient (Wildman–Crippen LogP) is 3.65. The van der Waals surface area contributed by atoms with Crippen molar-refractivity contribution in [1.82, 2.24) is 14.5 Å². The van der Waals surface area contributed by atoms with Crippen LogP contribution in [0.3, 0.4) is 0 Å². The van der Waals surface area contributed by atoms with Crippen molar-refractivity contribution in [2.75, 3.05) is 5.88 Å². The number of alkyl halides is 1. The molecule has 3 nitrogen and oxygen atoms in total. The maximum atomic E-state index is 13.5. The molecule has 5 heteroatoms. The summed E-state index contributed by atoms with van der Waals surface area (Å²) in [6.45, 7) is 1.98. The van der Waals surface area contributed by atoms with E-state index in [-0.39, 0.29) is 5.82 Å². The molecule has 0 fully saturated rings. The molecule has 0 unspecified atom stereocenters. The van der Waals surface area contributed by atoms with Crippen LogP contribution in [0.5, 0.6) is 0 Å². The van der Waals surface area contributed by atoms with E-state index in [0.717, 1.165) is 22.6 Å². The number of aryl methyl sites for hydroxylation is 2. The molecule has 0 aliphatic carbocycles. The molecule has 2 heterocycles. The Labute approximate surface area is 121 Å². The number of imidazole rings is 1. The first-order chi connectivity index (χ1) is 9.70. The Balaban J connectivity index is 2.32. The average molecular weight is 290 g/mol. The number of pyridine rings is 1. The minimum absolute atomic E-state index is 0.283. The molecule has 0 saturated carbocycles. The molecule has 0 aliphatic rings. The van der Waals surface area contributed by atoms with Crippen molar-refractivity contribution in [3.8, 4) is 5.69 Å². The Bertz CT molecular complexity index is 767. The fourth-order valence-electron chi connectivity index (χ4n) is 2.28. The maximum Gasteiger partial charge on any atom is 0.164 e. The van der Waals surface area contributed by atoms with Crippen molar-refractivity contribution in [1.29, 1.82) is 0 Å². The van der Waals surface area contributed by atoms with Gasteiger partial charge in [0.15, 0.2) is 5.65 Å². The van der Waals surface area contributed by atoms with Crippen LogP contribution in [-0.4, -0.2) is 20.4 Å². The number of fused-ring (bicyclic) bond motifs is 1. The van der Waals surface area contributed by atoms with Gasteiger partial charge in [-0.15, -0.1) is 11.6 Å². The molecule has 3 aromatic rings. The quantitative estimate of drug-likeness (QED) is 0.689. The minimum Gasteiger partial charge on any atom is -0.281 e. The molecule has 0 radical (unpaired) electrons. The summed E-state index contributed by atoms with van der Waals surface area (Å²) in [5.41, 5.74) is 3.32. The normalized spacial score (nSPS) is 11.2. The standard InChI is InChI=1S/C15H13ClFN3/c1-10-6-8-18-15-14(10)19-13(5-7-16)20(15)12-4-2-3-11(17)9-12/h2-4,6,8-9H,5,7H2,1H3. The van der Waals surface area contributed by atoms with Gasteiger partial charge < -0.3 is 0 Å². The number of hydrogen-bond acceptors (Lipinski definition) is 2. The first kappa shape index (κ1) is 13.1. The van der Waals surface area contributed by atoms with Gasteiger partial charge in [0.1, 0.15) is 17.2 Å². The molecular formula is C15H13ClFN3. The van der Waals surface area contributed by atoms with Crippen LogP contribution in [0.4, 0.5) is 4.39 Å². The second-order valence-corrected chi connectivity index (χ2v) is 4.96. The van der Waals surface area contributed by atoms with Gasteiger partial charge in [-0.25, -0.2) is 14.4 Å². The highest BCUT2D eigenvalue weighted by Crippen LogP contribution is 2.23. The lowest BCUT2D eigenvalue weighted by Gasteiger charge is -2.07. The van der Waals surface area contributed by atoms with E-state index in [1.165, 1.54) is 12.1 Å². The molecule has 0 saturated heterocycles. The summed E-state index contributed by atoms with van der Waals surface area (Å²) in [5, 5.41) is 0. The van der Waals surface area contributed by atoms with Crippen LogP contribution in [0.25, 0.3) is 16.9 Å². The number of nitrogens with zero attached hydrogens (tertiary/aromatic N) is 3. The largest absolute Gasteiger partial charge is 0.281 e. The van der Waals surface area contributed by atoms with Gasteiger partial charge in [-0.05, 0) is 36.8 Å². The second kappa shape index (κ2) is 5.21. The molecule has 0 bridgehead atoms. The summed E-state index contributed by atoms with van der Waals surface area (Å²) in [7, 11) is 0. The number of rotatable bonds is 3. The fourth-order valence-corrected chi connectivity index (χ4v) is 2.45. The Morgan fingerprint density at radius 2 is 2.15 bits per heavy atom. The predicted molar refractivity (Wildman–Crippen MR) is 78.0 cm³/mol. The highest BCUT2D eigenvalue weighted by atomic mass is 35.5. The summed E-state index contributed by atoms with van der Waals surface area (Å²) in [6.07, 6.45) is 2.34. The molecule has 102 valence electrons. The third-order valence-electron chi connectivity index (χ3n) is 3.20. The van der Waals surface area contributed by atoms with Gasteiger partial charge in [0.2, 0.25) is 0 Å². The molecule has 0 N–H and O–H groups in total. The lowest BCUT2D eigenvalue weighted by atomic mass is 10.2. The molecule has 2 aromatic heterocycles. The lowest BCUT2D eigenvalue weighted by molar-refractivity contribution is 0.626. The number of benzene rings is 1. The van der Waals surface area contributed by atoms with Crippen molar-refractivity contribution in [3.05, 3.63) is 53.7 Å². The second-order valence-electron chi connectivity index (χ2n) is 4.58. The van der Waals surface area contributed by atoms with Crippen molar-refractivity contribution < 1.29 is 4.39 Å². The zero-order chi connectivity index (χ0) is 14.1. The third-order valence-corrected chi connectivity index (χ3v) is 3.39. The topological polar surface area (TPSA) is 30.7 Å². The van der Waals surface area contributed by atoms with Gasteiger partial charge in [0.05, 0.1) is 5.69 Å². The molecule has 0 amide bonds. The Kier molecular flexibility index (Phi) is 3.40. The van der Waals surface area contributed by atoms with Crippen LogP contribution in [0.15, 0.2) is 36.5 Å². The Hall–Kier alpha value is -1.94. The summed E-state index contributed by atoms with van der Waals surface area (Å²) in [4.78, 5) is 8.99. The van der Waals surface area contributed by atoms with E-state index >= 15 is 0 Å². The molecule has 3 rings (SSSR count). The number of halogens is 2. The molecule has 1 aromatic carbocycles. The van der Waals surface area contributed by atoms with Crippen molar-refractivity contribution in [2.24, 2.45) is 0 Å². The highest BCUT2D eigenvalue weighted by Gasteiger charge is 2.14. The van der Waals surface area contributed by atoms with Crippen LogP contribution in [0.2, 0.25) is 0 Å². The van der Waals surface area contributed by atoms with Crippen LogP contribution in [0, 0.1) is 12.7 Å². The van der Waals surface area contributed by atoms with E-state index in [4.69, 9.17) is 11.6 Å². The molecular weight excluding hydrogens is 277 g/mol. The van der Waals surface area contributed by atoms with Gasteiger partial charge in [0, 0.05) is 18.5 Å². The van der Waals surface area contributed by atoms with Gasteiger partial charge in [0.25, 0.3) is 0 Å². The summed E-state index contributed by atoms with van der Waals surface area (Å²) >= 11 is 5.85. The van der Waals surface area contributed by atoms with E-state index < -0.39 is 0 Å². The SMILES string of the molecule is Cc1ccnc2c1nc(CCCl)n2-c1cccc(F)c1. The van der Waals surface area contributed by atoms with Crippen molar-refractivity contribution >= 4 is 22.8 Å². The van der Waals surface area contributed by atoms with Crippen LogP contribution in [0.1, 0.15) is 11.4 Å². The minimum atomic E-state index is -0.283. The molecule has 0 aliphatic heterocycles. The zero-order valence-corrected chi connectivity index (χ0v) is 11.7. The van der Waals surface area contributed by atoms with E-state index in [1.54, 1.807) is 12.3 Å². The fraction of sp³-hybridized carbons (Fsp3) is 0.200. The Morgan fingerprint density at radius 3 is 2.90 bits per heavy atom. The van der Waals surface area contributed by atoms with Crippen molar-refractivity contribution in [3.63, 3.8) is 0 Å². The van der Waals surface area contributed by atoms with E-state index in [9.17, 15) is 4.39 Å². The van der Waals surface area contributed by atoms with Crippen molar-refractivity contribution in [2.45, 2.75) is 13.3 Å². The maximum absolute atomic E-state index is 13.5. The average Bonchev–Trinajstić information content (AvgIpc) is 2.79. The van der Waals surface area contributed by atoms with E-state index in [0.29, 0.717) is 18.0 Å². The van der Waals surface area contributed by atoms with Crippen LogP contribution >= 0.6 is 11.6 Å². The highest BCUT2D eigenvalue weighted by molar-refractivity contribution is 6.17. The smallest absolute Gasteiger partial charge is 0.164 e. The zero-order valence-electron chi connectivity index (χ0n) is 11.0. The summed E-state index contributed by atoms with van der Waals surface area (Å²) in [6, 6.07) is 8.32. The molecule has 0 atom stereocenters. The van der Waals surface area contributed by atoms with Gasteiger partial charge in [-0.1, -0.05) is 6.07 Å². The van der Waals surface area contributed by atoms with Gasteiger partial charge in [-0.2, -0.15) is 0 Å². The number of hydrogen-bond donors (Lipinski definition) is 0. The molecule has 20 heavy (non-hydrogen) atoms. The third kappa shape index (κ3) is 2.16. The summed E-state index contributed by atoms with van der Waals surface area (Å²) in [5.74, 6) is 0.966. The lowest BCUT2D eigenvalue weighted by Crippen LogP contribution is -2.03. The number of aromatic nitrogens is 3. The van der Waals surface area contributed by atoms with Crippen LogP contribution in [-0.2, 0) is 6.42 Å². The first-order valence-electron chi connectivity index (χ1n) is 6.35. The van der Waals surface area contributed by atoms with E-state index in [1.807, 2.05) is 23.6 Å². The monoisotopic (exact) mass is 289 g/mol. The van der Waals surface area contributed by atoms with Gasteiger partial charge >= 0.3 is 0 Å². The first-order valence-corrected chi connectivity index (χ1v) is 6.89. The summed E-state index contributed by atoms with van der Waals surface area (Å²) < 4.78 is 15.3. The Morgan fingerprint density at radius 1 is 1.30 bits per heavy atom. The molecule has 0 spiro atoms. The van der Waals surface area contributed by atoms with E-state index in [2.05, 4.69) is 9.97 Å². The van der Waals surface area contributed by atoms with Crippen LogP contribution < -0.4 is 0 Å². The van der Waals surface area contributed by atoms with Gasteiger partial charge in [-0.3, -0.25) is 4.57 Å².